The summed E-state index contributed by atoms with van der Waals surface area (Å²) in [6, 6.07) is 10.3. The summed E-state index contributed by atoms with van der Waals surface area (Å²) in [5, 5.41) is 4.50. The van der Waals surface area contributed by atoms with Crippen molar-refractivity contribution in [3.05, 3.63) is 47.2 Å². The van der Waals surface area contributed by atoms with Gasteiger partial charge >= 0.3 is 0 Å². The van der Waals surface area contributed by atoms with Crippen LogP contribution in [0.4, 0.5) is 5.95 Å². The van der Waals surface area contributed by atoms with Crippen molar-refractivity contribution in [3.8, 4) is 5.82 Å². The van der Waals surface area contributed by atoms with Crippen LogP contribution in [0.25, 0.3) is 16.7 Å². The predicted octanol–water partition coefficient (Wildman–Crippen LogP) is 3.94. The smallest absolute Gasteiger partial charge is 0.224 e. The fourth-order valence-electron chi connectivity index (χ4n) is 2.75. The number of likely N-dealkylation sites (N-methyl/N-ethyl adjacent to an activating group) is 1. The molecule has 2 heterocycles. The Morgan fingerprint density at radius 2 is 2.00 bits per heavy atom. The first-order valence-corrected chi connectivity index (χ1v) is 9.06. The van der Waals surface area contributed by atoms with Crippen LogP contribution in [0.15, 0.2) is 47.2 Å². The Morgan fingerprint density at radius 1 is 1.17 bits per heavy atom. The van der Waals surface area contributed by atoms with Crippen LogP contribution in [0, 0.1) is 0 Å². The minimum absolute atomic E-state index is 0.665. The van der Waals surface area contributed by atoms with Crippen LogP contribution in [0.5, 0.6) is 0 Å². The second-order valence-corrected chi connectivity index (χ2v) is 6.50. The number of fused-ring (bicyclic) bond motifs is 1. The molecule has 1 aromatic carbocycles. The van der Waals surface area contributed by atoms with Gasteiger partial charge in [-0.25, -0.2) is 4.98 Å². The second kappa shape index (κ2) is 7.77. The first-order chi connectivity index (χ1) is 11.7. The molecule has 126 valence electrons. The number of aromatic nitrogens is 3. The molecule has 0 fully saturated rings. The predicted molar refractivity (Wildman–Crippen MR) is 103 cm³/mol. The first kappa shape index (κ1) is 16.9. The van der Waals surface area contributed by atoms with E-state index in [1.807, 2.05) is 18.3 Å². The van der Waals surface area contributed by atoms with E-state index in [4.69, 9.17) is 0 Å². The van der Waals surface area contributed by atoms with Crippen molar-refractivity contribution >= 4 is 32.8 Å². The van der Waals surface area contributed by atoms with Gasteiger partial charge in [0.05, 0.1) is 5.52 Å². The molecule has 0 saturated heterocycles. The zero-order valence-corrected chi connectivity index (χ0v) is 15.6. The molecule has 0 amide bonds. The lowest BCUT2D eigenvalue weighted by Crippen LogP contribution is -2.29. The van der Waals surface area contributed by atoms with Crippen LogP contribution < -0.4 is 5.32 Å². The van der Waals surface area contributed by atoms with Gasteiger partial charge in [0.2, 0.25) is 5.95 Å². The molecular weight excluding hydrogens is 366 g/mol. The summed E-state index contributed by atoms with van der Waals surface area (Å²) in [5.74, 6) is 1.53. The number of hydrogen-bond acceptors (Lipinski definition) is 4. The average molecular weight is 388 g/mol. The Bertz CT molecular complexity index is 810. The maximum absolute atomic E-state index is 4.65. The fraction of sp³-hybridized carbons (Fsp3) is 0.333. The molecule has 3 rings (SSSR count). The highest BCUT2D eigenvalue weighted by atomic mass is 79.9. The van der Waals surface area contributed by atoms with Crippen molar-refractivity contribution < 1.29 is 0 Å². The molecule has 24 heavy (non-hydrogen) atoms. The van der Waals surface area contributed by atoms with Crippen LogP contribution in [0.3, 0.4) is 0 Å². The minimum atomic E-state index is 0.665. The molecule has 2 aromatic heterocycles. The van der Waals surface area contributed by atoms with E-state index in [0.717, 1.165) is 42.0 Å². The number of anilines is 1. The van der Waals surface area contributed by atoms with Crippen LogP contribution in [0.2, 0.25) is 0 Å². The van der Waals surface area contributed by atoms with Gasteiger partial charge in [0.1, 0.15) is 5.82 Å². The van der Waals surface area contributed by atoms with Gasteiger partial charge in [-0.05, 0) is 43.4 Å². The summed E-state index contributed by atoms with van der Waals surface area (Å²) in [6.07, 6.45) is 3.84. The topological polar surface area (TPSA) is 46.0 Å². The maximum Gasteiger partial charge on any atom is 0.224 e. The Morgan fingerprint density at radius 3 is 2.79 bits per heavy atom. The van der Waals surface area contributed by atoms with Gasteiger partial charge < -0.3 is 14.8 Å². The quantitative estimate of drug-likeness (QED) is 0.666. The largest absolute Gasteiger partial charge is 0.353 e. The van der Waals surface area contributed by atoms with Gasteiger partial charge in [0.15, 0.2) is 0 Å². The highest BCUT2D eigenvalue weighted by Gasteiger charge is 2.06. The number of benzene rings is 1. The molecule has 0 unspecified atom stereocenters. The molecule has 0 spiro atoms. The van der Waals surface area contributed by atoms with E-state index in [9.17, 15) is 0 Å². The minimum Gasteiger partial charge on any atom is -0.353 e. The number of nitrogens with one attached hydrogen (secondary N) is 1. The molecule has 0 saturated carbocycles. The van der Waals surface area contributed by atoms with Gasteiger partial charge in [-0.15, -0.1) is 0 Å². The summed E-state index contributed by atoms with van der Waals surface area (Å²) in [6.45, 7) is 8.30. The Labute approximate surface area is 150 Å². The van der Waals surface area contributed by atoms with Crippen molar-refractivity contribution in [3.63, 3.8) is 0 Å². The zero-order valence-electron chi connectivity index (χ0n) is 14.0. The number of nitrogens with zero attached hydrogens (tertiary/aromatic N) is 4. The Balaban J connectivity index is 1.77. The molecular formula is C18H22BrN5. The summed E-state index contributed by atoms with van der Waals surface area (Å²) >= 11 is 3.51. The third kappa shape index (κ3) is 3.76. The fourth-order valence-corrected chi connectivity index (χ4v) is 3.13. The van der Waals surface area contributed by atoms with Gasteiger partial charge in [-0.2, -0.15) is 4.98 Å². The van der Waals surface area contributed by atoms with Gasteiger partial charge in [-0.1, -0.05) is 29.8 Å². The Kier molecular flexibility index (Phi) is 5.48. The summed E-state index contributed by atoms with van der Waals surface area (Å²) in [7, 11) is 0. The molecule has 0 aliphatic carbocycles. The molecule has 6 heteroatoms. The molecule has 0 aliphatic rings. The summed E-state index contributed by atoms with van der Waals surface area (Å²) in [5.41, 5.74) is 1.13. The van der Waals surface area contributed by atoms with Crippen LogP contribution in [0.1, 0.15) is 13.8 Å². The standard InChI is InChI=1S/C18H22BrN5/c1-3-23(4-2)12-10-21-18-20-9-7-17(22-18)24-11-8-14-13-15(19)5-6-16(14)24/h5-9,11,13H,3-4,10,12H2,1-2H3,(H,20,21,22). The van der Waals surface area contributed by atoms with E-state index in [1.165, 1.54) is 5.39 Å². The first-order valence-electron chi connectivity index (χ1n) is 8.27. The third-order valence-electron chi connectivity index (χ3n) is 4.15. The monoisotopic (exact) mass is 387 g/mol. The normalized spacial score (nSPS) is 11.3. The van der Waals surface area contributed by atoms with E-state index in [0.29, 0.717) is 5.95 Å². The highest BCUT2D eigenvalue weighted by molar-refractivity contribution is 9.10. The average Bonchev–Trinajstić information content (AvgIpc) is 3.02. The number of halogens is 1. The van der Waals surface area contributed by atoms with E-state index >= 15 is 0 Å². The third-order valence-corrected chi connectivity index (χ3v) is 4.64. The van der Waals surface area contributed by atoms with Crippen LogP contribution >= 0.6 is 15.9 Å². The summed E-state index contributed by atoms with van der Waals surface area (Å²) < 4.78 is 3.16. The van der Waals surface area contributed by atoms with E-state index in [1.54, 1.807) is 6.20 Å². The lowest BCUT2D eigenvalue weighted by atomic mass is 10.2. The number of rotatable bonds is 7. The second-order valence-electron chi connectivity index (χ2n) is 5.58. The summed E-state index contributed by atoms with van der Waals surface area (Å²) in [4.78, 5) is 11.3. The van der Waals surface area contributed by atoms with Crippen molar-refractivity contribution in [2.24, 2.45) is 0 Å². The molecule has 1 N–H and O–H groups in total. The van der Waals surface area contributed by atoms with E-state index < -0.39 is 0 Å². The van der Waals surface area contributed by atoms with Crippen molar-refractivity contribution in [1.29, 1.82) is 0 Å². The molecule has 5 nitrogen and oxygen atoms in total. The van der Waals surface area contributed by atoms with E-state index in [2.05, 4.69) is 72.7 Å². The van der Waals surface area contributed by atoms with Crippen LogP contribution in [-0.2, 0) is 0 Å². The lowest BCUT2D eigenvalue weighted by molar-refractivity contribution is 0.316. The van der Waals surface area contributed by atoms with Crippen LogP contribution in [-0.4, -0.2) is 45.6 Å². The molecule has 3 aromatic rings. The number of hydrogen-bond donors (Lipinski definition) is 1. The molecule has 0 atom stereocenters. The van der Waals surface area contributed by atoms with Crippen molar-refractivity contribution in [1.82, 2.24) is 19.4 Å². The SMILES string of the molecule is CCN(CC)CCNc1nccc(-n2ccc3cc(Br)ccc32)n1. The van der Waals surface area contributed by atoms with Gasteiger partial charge in [0, 0.05) is 35.3 Å². The molecule has 0 aliphatic heterocycles. The Hall–Kier alpha value is -1.92. The molecule has 0 bridgehead atoms. The van der Waals surface area contributed by atoms with Gasteiger partial charge in [-0.3, -0.25) is 0 Å². The maximum atomic E-state index is 4.65. The van der Waals surface area contributed by atoms with Crippen molar-refractivity contribution in [2.45, 2.75) is 13.8 Å². The van der Waals surface area contributed by atoms with E-state index in [-0.39, 0.29) is 0 Å². The lowest BCUT2D eigenvalue weighted by Gasteiger charge is -2.18. The molecule has 0 radical (unpaired) electrons. The zero-order chi connectivity index (χ0) is 16.9. The van der Waals surface area contributed by atoms with Crippen molar-refractivity contribution in [2.75, 3.05) is 31.5 Å². The van der Waals surface area contributed by atoms with Gasteiger partial charge in [0.25, 0.3) is 0 Å². The highest BCUT2D eigenvalue weighted by Crippen LogP contribution is 2.23.